The van der Waals surface area contributed by atoms with Crippen LogP contribution in [0.3, 0.4) is 0 Å². The Kier molecular flexibility index (Phi) is 5.06. The lowest BCUT2D eigenvalue weighted by molar-refractivity contribution is 0.499. The van der Waals surface area contributed by atoms with Crippen LogP contribution in [0.15, 0.2) is 24.3 Å². The smallest absolute Gasteiger partial charge is 0.00202 e. The van der Waals surface area contributed by atoms with Crippen LogP contribution in [-0.4, -0.2) is 13.1 Å². The highest BCUT2D eigenvalue weighted by Crippen LogP contribution is 2.30. The molecule has 1 aliphatic rings. The van der Waals surface area contributed by atoms with Gasteiger partial charge in [-0.05, 0) is 49.3 Å². The summed E-state index contributed by atoms with van der Waals surface area (Å²) >= 11 is 0. The van der Waals surface area contributed by atoms with E-state index < -0.39 is 0 Å². The molecule has 0 spiro atoms. The summed E-state index contributed by atoms with van der Waals surface area (Å²) in [4.78, 5) is 0. The minimum atomic E-state index is 0.751. The van der Waals surface area contributed by atoms with Gasteiger partial charge in [0.05, 0.1) is 0 Å². The van der Waals surface area contributed by atoms with Crippen LogP contribution in [0, 0.1) is 0 Å². The molecule has 0 fully saturated rings. The van der Waals surface area contributed by atoms with Crippen molar-refractivity contribution >= 4 is 0 Å². The van der Waals surface area contributed by atoms with Gasteiger partial charge < -0.3 is 5.32 Å². The first-order valence-corrected chi connectivity index (χ1v) is 7.20. The van der Waals surface area contributed by atoms with Crippen LogP contribution in [0.5, 0.6) is 0 Å². The van der Waals surface area contributed by atoms with Gasteiger partial charge in [-0.2, -0.15) is 0 Å². The van der Waals surface area contributed by atoms with Crippen LogP contribution < -0.4 is 5.32 Å². The Morgan fingerprint density at radius 2 is 2.12 bits per heavy atom. The van der Waals surface area contributed by atoms with E-state index in [0.717, 1.165) is 5.92 Å². The molecule has 1 nitrogen and oxygen atoms in total. The Labute approximate surface area is 106 Å². The van der Waals surface area contributed by atoms with Gasteiger partial charge in [-0.3, -0.25) is 0 Å². The third kappa shape index (κ3) is 3.57. The van der Waals surface area contributed by atoms with Gasteiger partial charge in [-0.1, -0.05) is 44.0 Å². The lowest BCUT2D eigenvalue weighted by atomic mass is 9.83. The minimum Gasteiger partial charge on any atom is -0.316 e. The fraction of sp³-hybridized carbons (Fsp3) is 0.625. The van der Waals surface area contributed by atoms with Gasteiger partial charge in [0.2, 0.25) is 0 Å². The van der Waals surface area contributed by atoms with Crippen molar-refractivity contribution in [2.45, 2.75) is 51.4 Å². The Morgan fingerprint density at radius 3 is 3.00 bits per heavy atom. The van der Waals surface area contributed by atoms with E-state index in [1.54, 1.807) is 11.1 Å². The summed E-state index contributed by atoms with van der Waals surface area (Å²) in [5.74, 6) is 0.751. The third-order valence-corrected chi connectivity index (χ3v) is 3.84. The molecule has 17 heavy (non-hydrogen) atoms. The van der Waals surface area contributed by atoms with Gasteiger partial charge in [-0.15, -0.1) is 0 Å². The standard InChI is InChI=1S/C16H25N/c1-2-3-6-12-17-13-15-10-7-9-14-8-4-5-11-16(14)15/h4-5,8,11,15,17H,2-3,6-7,9-10,12-13H2,1H3. The highest BCUT2D eigenvalue weighted by molar-refractivity contribution is 5.32. The molecule has 0 heterocycles. The molecule has 0 aromatic heterocycles. The van der Waals surface area contributed by atoms with Crippen LogP contribution >= 0.6 is 0 Å². The summed E-state index contributed by atoms with van der Waals surface area (Å²) in [5, 5.41) is 3.63. The number of aryl methyl sites for hydroxylation is 1. The van der Waals surface area contributed by atoms with Crippen molar-refractivity contribution < 1.29 is 0 Å². The molecule has 1 aliphatic carbocycles. The molecule has 1 atom stereocenters. The first-order valence-electron chi connectivity index (χ1n) is 7.20. The largest absolute Gasteiger partial charge is 0.316 e. The average molecular weight is 231 g/mol. The van der Waals surface area contributed by atoms with Gasteiger partial charge in [0.1, 0.15) is 0 Å². The Bertz CT molecular complexity index is 332. The van der Waals surface area contributed by atoms with E-state index in [9.17, 15) is 0 Å². The first-order chi connectivity index (χ1) is 8.42. The second kappa shape index (κ2) is 6.80. The second-order valence-electron chi connectivity index (χ2n) is 5.20. The van der Waals surface area contributed by atoms with Crippen molar-refractivity contribution in [2.75, 3.05) is 13.1 Å². The van der Waals surface area contributed by atoms with E-state index in [0.29, 0.717) is 0 Å². The molecular formula is C16H25N. The number of rotatable bonds is 6. The van der Waals surface area contributed by atoms with Crippen molar-refractivity contribution in [1.82, 2.24) is 5.32 Å². The zero-order valence-corrected chi connectivity index (χ0v) is 11.0. The first kappa shape index (κ1) is 12.6. The van der Waals surface area contributed by atoms with Crippen molar-refractivity contribution in [1.29, 1.82) is 0 Å². The Morgan fingerprint density at radius 1 is 1.24 bits per heavy atom. The highest BCUT2D eigenvalue weighted by atomic mass is 14.9. The zero-order chi connectivity index (χ0) is 11.9. The fourth-order valence-electron chi connectivity index (χ4n) is 2.84. The summed E-state index contributed by atoms with van der Waals surface area (Å²) in [5.41, 5.74) is 3.18. The van der Waals surface area contributed by atoms with Crippen LogP contribution in [0.4, 0.5) is 0 Å². The quantitative estimate of drug-likeness (QED) is 0.732. The van der Waals surface area contributed by atoms with Gasteiger partial charge in [0.15, 0.2) is 0 Å². The fourth-order valence-corrected chi connectivity index (χ4v) is 2.84. The topological polar surface area (TPSA) is 12.0 Å². The van der Waals surface area contributed by atoms with Crippen LogP contribution in [0.2, 0.25) is 0 Å². The predicted molar refractivity (Wildman–Crippen MR) is 74.5 cm³/mol. The number of fused-ring (bicyclic) bond motifs is 1. The molecule has 0 bridgehead atoms. The van der Waals surface area contributed by atoms with E-state index in [-0.39, 0.29) is 0 Å². The molecule has 1 heteroatoms. The van der Waals surface area contributed by atoms with E-state index >= 15 is 0 Å². The molecule has 0 saturated carbocycles. The minimum absolute atomic E-state index is 0.751. The zero-order valence-electron chi connectivity index (χ0n) is 11.0. The van der Waals surface area contributed by atoms with Gasteiger partial charge in [0.25, 0.3) is 0 Å². The monoisotopic (exact) mass is 231 g/mol. The summed E-state index contributed by atoms with van der Waals surface area (Å²) in [6.07, 6.45) is 7.99. The number of benzene rings is 1. The number of unbranched alkanes of at least 4 members (excludes halogenated alkanes) is 2. The van der Waals surface area contributed by atoms with Crippen LogP contribution in [0.25, 0.3) is 0 Å². The second-order valence-corrected chi connectivity index (χ2v) is 5.20. The number of hydrogen-bond donors (Lipinski definition) is 1. The maximum Gasteiger partial charge on any atom is 0.00202 e. The predicted octanol–water partition coefficient (Wildman–Crippen LogP) is 3.89. The maximum absolute atomic E-state index is 3.63. The van der Waals surface area contributed by atoms with Gasteiger partial charge in [0, 0.05) is 6.54 Å². The summed E-state index contributed by atoms with van der Waals surface area (Å²) < 4.78 is 0. The van der Waals surface area contributed by atoms with Crippen LogP contribution in [-0.2, 0) is 6.42 Å². The SMILES string of the molecule is CCCCCNCC1CCCc2ccccc21. The van der Waals surface area contributed by atoms with Crippen molar-refractivity contribution in [2.24, 2.45) is 0 Å². The summed E-state index contributed by atoms with van der Waals surface area (Å²) in [6.45, 7) is 4.62. The van der Waals surface area contributed by atoms with E-state index in [2.05, 4.69) is 36.5 Å². The van der Waals surface area contributed by atoms with E-state index in [1.165, 1.54) is 51.6 Å². The molecule has 1 unspecified atom stereocenters. The molecule has 1 aromatic rings. The lowest BCUT2D eigenvalue weighted by Crippen LogP contribution is -2.25. The normalized spacial score (nSPS) is 19.0. The van der Waals surface area contributed by atoms with Gasteiger partial charge >= 0.3 is 0 Å². The molecular weight excluding hydrogens is 206 g/mol. The number of hydrogen-bond acceptors (Lipinski definition) is 1. The van der Waals surface area contributed by atoms with E-state index in [1.807, 2.05) is 0 Å². The molecule has 0 radical (unpaired) electrons. The molecule has 2 rings (SSSR count). The Hall–Kier alpha value is -0.820. The maximum atomic E-state index is 3.63. The molecule has 0 aliphatic heterocycles. The molecule has 1 aromatic carbocycles. The van der Waals surface area contributed by atoms with Crippen molar-refractivity contribution in [3.8, 4) is 0 Å². The summed E-state index contributed by atoms with van der Waals surface area (Å²) in [7, 11) is 0. The highest BCUT2D eigenvalue weighted by Gasteiger charge is 2.18. The molecule has 0 saturated heterocycles. The lowest BCUT2D eigenvalue weighted by Gasteiger charge is -2.25. The molecule has 0 amide bonds. The third-order valence-electron chi connectivity index (χ3n) is 3.84. The van der Waals surface area contributed by atoms with Crippen molar-refractivity contribution in [3.63, 3.8) is 0 Å². The Balaban J connectivity index is 1.82. The molecule has 94 valence electrons. The number of nitrogens with one attached hydrogen (secondary N) is 1. The summed E-state index contributed by atoms with van der Waals surface area (Å²) in [6, 6.07) is 9.00. The van der Waals surface area contributed by atoms with E-state index in [4.69, 9.17) is 0 Å². The van der Waals surface area contributed by atoms with Crippen molar-refractivity contribution in [3.05, 3.63) is 35.4 Å². The average Bonchev–Trinajstić information content (AvgIpc) is 2.39. The van der Waals surface area contributed by atoms with Crippen LogP contribution in [0.1, 0.15) is 56.1 Å². The molecule has 1 N–H and O–H groups in total. The van der Waals surface area contributed by atoms with Gasteiger partial charge in [-0.25, -0.2) is 0 Å².